The first-order chi connectivity index (χ1) is 16.9. The van der Waals surface area contributed by atoms with Crippen molar-refractivity contribution in [3.8, 4) is 11.5 Å². The normalized spacial score (nSPS) is 11.7. The summed E-state index contributed by atoms with van der Waals surface area (Å²) in [4.78, 5) is 4.50. The van der Waals surface area contributed by atoms with Gasteiger partial charge in [0.25, 0.3) is 0 Å². The highest BCUT2D eigenvalue weighted by Crippen LogP contribution is 2.23. The molecule has 35 heavy (non-hydrogen) atoms. The molecule has 4 rings (SSSR count). The van der Waals surface area contributed by atoms with E-state index in [9.17, 15) is 13.2 Å². The van der Waals surface area contributed by atoms with Crippen molar-refractivity contribution in [3.05, 3.63) is 87.6 Å². The van der Waals surface area contributed by atoms with Gasteiger partial charge in [0, 0.05) is 18.0 Å². The number of ether oxygens (including phenoxy) is 3. The number of hydrogen-bond donors (Lipinski definition) is 1. The van der Waals surface area contributed by atoms with Crippen LogP contribution in [0.3, 0.4) is 0 Å². The molecule has 11 heteroatoms. The van der Waals surface area contributed by atoms with E-state index in [1.165, 1.54) is 23.5 Å². The van der Waals surface area contributed by atoms with Gasteiger partial charge in [0.05, 0.1) is 24.6 Å². The molecule has 0 saturated heterocycles. The van der Waals surface area contributed by atoms with Crippen molar-refractivity contribution in [1.82, 2.24) is 20.4 Å². The molecule has 0 bridgehead atoms. The average Bonchev–Trinajstić information content (AvgIpc) is 3.52. The van der Waals surface area contributed by atoms with Crippen LogP contribution in [-0.2, 0) is 24.4 Å². The van der Waals surface area contributed by atoms with Gasteiger partial charge in [-0.1, -0.05) is 35.6 Å². The third-order valence-electron chi connectivity index (χ3n) is 4.65. The Labute approximate surface area is 203 Å². The summed E-state index contributed by atoms with van der Waals surface area (Å²) in [7, 11) is 0. The van der Waals surface area contributed by atoms with E-state index in [1.54, 1.807) is 30.5 Å². The van der Waals surface area contributed by atoms with E-state index in [0.717, 1.165) is 33.3 Å². The largest absolute Gasteiger partial charge is 0.573 e. The Morgan fingerprint density at radius 1 is 0.914 bits per heavy atom. The lowest BCUT2D eigenvalue weighted by Crippen LogP contribution is -2.16. The van der Waals surface area contributed by atoms with Crippen LogP contribution in [0, 0.1) is 0 Å². The second kappa shape index (κ2) is 11.6. The van der Waals surface area contributed by atoms with Crippen LogP contribution in [0.5, 0.6) is 11.5 Å². The van der Waals surface area contributed by atoms with Gasteiger partial charge in [-0.15, -0.1) is 29.6 Å². The first kappa shape index (κ1) is 24.4. The summed E-state index contributed by atoms with van der Waals surface area (Å²) in [6.07, 6.45) is 1.31. The van der Waals surface area contributed by atoms with Crippen molar-refractivity contribution in [2.24, 2.45) is 0 Å². The zero-order valence-electron chi connectivity index (χ0n) is 18.4. The number of aromatic amines is 1. The van der Waals surface area contributed by atoms with Gasteiger partial charge in [-0.05, 0) is 41.5 Å². The Hall–Kier alpha value is -3.70. The molecule has 0 aliphatic rings. The zero-order chi connectivity index (χ0) is 24.5. The Kier molecular flexibility index (Phi) is 8.11. The number of aromatic nitrogens is 4. The number of benzene rings is 2. The molecular formula is C24H21F3N4O3S. The van der Waals surface area contributed by atoms with Crippen LogP contribution in [-0.4, -0.2) is 33.4 Å². The highest BCUT2D eigenvalue weighted by Gasteiger charge is 2.30. The lowest BCUT2D eigenvalue weighted by atomic mass is 10.2. The topological polar surface area (TPSA) is 82.1 Å². The molecule has 2 aromatic carbocycles. The lowest BCUT2D eigenvalue weighted by molar-refractivity contribution is -0.274. The molecule has 0 unspecified atom stereocenters. The molecule has 0 aliphatic heterocycles. The standard InChI is InChI=1S/C24H21F3N4O3S/c25-24(26,27)34-22-8-1-17(2-9-22)5-10-23-29-20(16-35-23)15-33-21-6-3-18(4-7-21)14-32-12-11-19-13-28-31-30-19/h1-10,13,16H,11-12,14-15H2,(H,28,30,31)/b10-5+. The van der Waals surface area contributed by atoms with E-state index < -0.39 is 6.36 Å². The van der Waals surface area contributed by atoms with Gasteiger partial charge in [-0.25, -0.2) is 4.98 Å². The summed E-state index contributed by atoms with van der Waals surface area (Å²) >= 11 is 1.45. The summed E-state index contributed by atoms with van der Waals surface area (Å²) in [5.74, 6) is 0.467. The van der Waals surface area contributed by atoms with E-state index in [-0.39, 0.29) is 5.75 Å². The Bertz CT molecular complexity index is 1210. The number of hydrogen-bond acceptors (Lipinski definition) is 7. The maximum absolute atomic E-state index is 12.2. The fraction of sp³-hybridized carbons (Fsp3) is 0.208. The third-order valence-corrected chi connectivity index (χ3v) is 5.51. The van der Waals surface area contributed by atoms with Crippen molar-refractivity contribution >= 4 is 23.5 Å². The molecule has 0 spiro atoms. The minimum absolute atomic E-state index is 0.258. The predicted octanol–water partition coefficient (Wildman–Crippen LogP) is 5.67. The van der Waals surface area contributed by atoms with Gasteiger partial charge in [-0.2, -0.15) is 0 Å². The van der Waals surface area contributed by atoms with E-state index in [0.29, 0.717) is 26.2 Å². The van der Waals surface area contributed by atoms with Crippen LogP contribution in [0.2, 0.25) is 0 Å². The monoisotopic (exact) mass is 502 g/mol. The van der Waals surface area contributed by atoms with E-state index in [4.69, 9.17) is 9.47 Å². The quantitative estimate of drug-likeness (QED) is 0.266. The summed E-state index contributed by atoms with van der Waals surface area (Å²) in [5.41, 5.74) is 3.42. The molecule has 4 aromatic rings. The van der Waals surface area contributed by atoms with Crippen molar-refractivity contribution in [1.29, 1.82) is 0 Å². The summed E-state index contributed by atoms with van der Waals surface area (Å²) in [6.45, 7) is 1.38. The number of halogens is 3. The Balaban J connectivity index is 1.20. The van der Waals surface area contributed by atoms with Crippen LogP contribution in [0.1, 0.15) is 27.5 Å². The summed E-state index contributed by atoms with van der Waals surface area (Å²) in [6, 6.07) is 13.3. The second-order valence-corrected chi connectivity index (χ2v) is 8.22. The number of thiazole rings is 1. The first-order valence-electron chi connectivity index (χ1n) is 10.6. The van der Waals surface area contributed by atoms with Crippen molar-refractivity contribution < 1.29 is 27.4 Å². The van der Waals surface area contributed by atoms with Crippen LogP contribution < -0.4 is 9.47 Å². The third kappa shape index (κ3) is 8.23. The highest BCUT2D eigenvalue weighted by molar-refractivity contribution is 7.10. The smallest absolute Gasteiger partial charge is 0.487 e. The van der Waals surface area contributed by atoms with Gasteiger partial charge < -0.3 is 14.2 Å². The van der Waals surface area contributed by atoms with Crippen molar-refractivity contribution in [2.45, 2.75) is 26.0 Å². The molecule has 2 aromatic heterocycles. The van der Waals surface area contributed by atoms with Crippen LogP contribution in [0.4, 0.5) is 13.2 Å². The Morgan fingerprint density at radius 3 is 2.40 bits per heavy atom. The second-order valence-electron chi connectivity index (χ2n) is 7.33. The molecule has 0 fully saturated rings. The van der Waals surface area contributed by atoms with Crippen LogP contribution in [0.15, 0.2) is 60.1 Å². The number of H-pyrrole nitrogens is 1. The van der Waals surface area contributed by atoms with Gasteiger partial charge in [0.15, 0.2) is 0 Å². The van der Waals surface area contributed by atoms with Crippen LogP contribution >= 0.6 is 11.3 Å². The predicted molar refractivity (Wildman–Crippen MR) is 125 cm³/mol. The number of nitrogens with zero attached hydrogens (tertiary/aromatic N) is 3. The van der Waals surface area contributed by atoms with E-state index >= 15 is 0 Å². The fourth-order valence-electron chi connectivity index (χ4n) is 2.97. The lowest BCUT2D eigenvalue weighted by Gasteiger charge is -2.08. The van der Waals surface area contributed by atoms with Gasteiger partial charge in [0.2, 0.25) is 0 Å². The minimum atomic E-state index is -4.70. The van der Waals surface area contributed by atoms with Crippen LogP contribution in [0.25, 0.3) is 12.2 Å². The summed E-state index contributed by atoms with van der Waals surface area (Å²) in [5, 5.41) is 12.9. The van der Waals surface area contributed by atoms with E-state index in [2.05, 4.69) is 25.1 Å². The first-order valence-corrected chi connectivity index (χ1v) is 11.4. The highest BCUT2D eigenvalue weighted by atomic mass is 32.1. The Morgan fingerprint density at radius 2 is 1.69 bits per heavy atom. The molecule has 182 valence electrons. The molecule has 0 aliphatic carbocycles. The number of rotatable bonds is 11. The molecule has 0 amide bonds. The van der Waals surface area contributed by atoms with Crippen molar-refractivity contribution in [2.75, 3.05) is 6.61 Å². The minimum Gasteiger partial charge on any atom is -0.487 e. The molecule has 0 saturated carbocycles. The molecule has 7 nitrogen and oxygen atoms in total. The maximum atomic E-state index is 12.2. The number of nitrogens with one attached hydrogen (secondary N) is 1. The van der Waals surface area contributed by atoms with E-state index in [1.807, 2.05) is 29.6 Å². The molecule has 0 radical (unpaired) electrons. The zero-order valence-corrected chi connectivity index (χ0v) is 19.2. The van der Waals surface area contributed by atoms with Crippen molar-refractivity contribution in [3.63, 3.8) is 0 Å². The number of alkyl halides is 3. The van der Waals surface area contributed by atoms with Gasteiger partial charge in [0.1, 0.15) is 23.1 Å². The SMILES string of the molecule is FC(F)(F)Oc1ccc(/C=C/c2nc(COc3ccc(COCCc4c[nH]nn4)cc3)cs2)cc1. The fourth-order valence-corrected chi connectivity index (χ4v) is 3.66. The molecular weight excluding hydrogens is 481 g/mol. The van der Waals surface area contributed by atoms with Gasteiger partial charge >= 0.3 is 6.36 Å². The molecule has 1 N–H and O–H groups in total. The maximum Gasteiger partial charge on any atom is 0.573 e. The van der Waals surface area contributed by atoms with Gasteiger partial charge in [-0.3, -0.25) is 5.10 Å². The molecule has 0 atom stereocenters. The molecule has 2 heterocycles. The average molecular weight is 503 g/mol. The summed E-state index contributed by atoms with van der Waals surface area (Å²) < 4.78 is 52.0.